The number of nitrogens with zero attached hydrogens (tertiary/aromatic N) is 2. The van der Waals surface area contributed by atoms with Crippen LogP contribution in [-0.4, -0.2) is 49.6 Å². The maximum absolute atomic E-state index is 5.96. The molecule has 1 atom stereocenters. The summed E-state index contributed by atoms with van der Waals surface area (Å²) in [6, 6.07) is 14.1. The maximum atomic E-state index is 5.96. The third-order valence-corrected chi connectivity index (χ3v) is 5.05. The first-order chi connectivity index (χ1) is 14.6. The van der Waals surface area contributed by atoms with Gasteiger partial charge in [0.2, 0.25) is 5.88 Å². The molecule has 3 aromatic rings. The van der Waals surface area contributed by atoms with Crippen molar-refractivity contribution in [3.8, 4) is 34.0 Å². The number of benzene rings is 1. The molecule has 30 heavy (non-hydrogen) atoms. The van der Waals surface area contributed by atoms with Crippen molar-refractivity contribution in [2.75, 3.05) is 33.5 Å². The van der Waals surface area contributed by atoms with Gasteiger partial charge in [-0.1, -0.05) is 24.3 Å². The molecule has 156 valence electrons. The van der Waals surface area contributed by atoms with Crippen molar-refractivity contribution in [3.63, 3.8) is 0 Å². The lowest BCUT2D eigenvalue weighted by molar-refractivity contribution is -0.101. The molecule has 0 radical (unpaired) electrons. The minimum atomic E-state index is -0.0644. The van der Waals surface area contributed by atoms with Crippen LogP contribution in [-0.2, 0) is 9.47 Å². The first-order valence-corrected chi connectivity index (χ1v) is 10.0. The third kappa shape index (κ3) is 4.78. The average molecular weight is 406 g/mol. The van der Waals surface area contributed by atoms with E-state index in [1.807, 2.05) is 25.3 Å². The average Bonchev–Trinajstić information content (AvgIpc) is 2.78. The van der Waals surface area contributed by atoms with E-state index in [-0.39, 0.29) is 6.10 Å². The van der Waals surface area contributed by atoms with Crippen LogP contribution in [0.1, 0.15) is 11.3 Å². The van der Waals surface area contributed by atoms with Crippen LogP contribution in [0.2, 0.25) is 0 Å². The van der Waals surface area contributed by atoms with Crippen molar-refractivity contribution in [2.24, 2.45) is 0 Å². The van der Waals surface area contributed by atoms with Gasteiger partial charge in [0.05, 0.1) is 32.6 Å². The van der Waals surface area contributed by atoms with Gasteiger partial charge in [-0.15, -0.1) is 0 Å². The van der Waals surface area contributed by atoms with Crippen LogP contribution in [0.15, 0.2) is 48.7 Å². The molecule has 1 fully saturated rings. The molecule has 1 aliphatic rings. The normalized spacial score (nSPS) is 16.3. The van der Waals surface area contributed by atoms with Gasteiger partial charge < -0.3 is 18.9 Å². The molecule has 1 saturated heterocycles. The van der Waals surface area contributed by atoms with Crippen LogP contribution in [0, 0.1) is 13.8 Å². The van der Waals surface area contributed by atoms with Crippen molar-refractivity contribution in [2.45, 2.75) is 20.0 Å². The number of pyridine rings is 2. The Bertz CT molecular complexity index is 999. The Kier molecular flexibility index (Phi) is 6.26. The molecule has 0 aliphatic carbocycles. The van der Waals surface area contributed by atoms with Gasteiger partial charge in [0, 0.05) is 35.2 Å². The van der Waals surface area contributed by atoms with E-state index < -0.39 is 0 Å². The van der Waals surface area contributed by atoms with E-state index in [4.69, 9.17) is 18.9 Å². The first kappa shape index (κ1) is 20.3. The molecule has 0 spiro atoms. The second-order valence-electron chi connectivity index (χ2n) is 7.33. The molecule has 6 heteroatoms. The molecule has 2 aromatic heterocycles. The number of rotatable bonds is 6. The summed E-state index contributed by atoms with van der Waals surface area (Å²) < 4.78 is 22.4. The fourth-order valence-corrected chi connectivity index (χ4v) is 3.40. The Morgan fingerprint density at radius 1 is 1.03 bits per heavy atom. The highest BCUT2D eigenvalue weighted by Gasteiger charge is 2.16. The standard InChI is InChI=1S/C24H26N2O4/c1-16-10-18(19-5-4-17(2)25-13-19)6-7-22(16)23-11-20(12-24(26-23)27-3)30-15-21-14-28-8-9-29-21/h4-7,10-13,21H,8-9,14-15H2,1-3H3/t21-/m1/s1. The van der Waals surface area contributed by atoms with Crippen LogP contribution < -0.4 is 9.47 Å². The maximum Gasteiger partial charge on any atom is 0.217 e. The minimum Gasteiger partial charge on any atom is -0.491 e. The van der Waals surface area contributed by atoms with Gasteiger partial charge in [-0.2, -0.15) is 0 Å². The molecule has 0 N–H and O–H groups in total. The Morgan fingerprint density at radius 2 is 1.90 bits per heavy atom. The zero-order valence-corrected chi connectivity index (χ0v) is 17.6. The Labute approximate surface area is 176 Å². The lowest BCUT2D eigenvalue weighted by Crippen LogP contribution is -2.33. The number of hydrogen-bond donors (Lipinski definition) is 0. The number of ether oxygens (including phenoxy) is 4. The van der Waals surface area contributed by atoms with Crippen molar-refractivity contribution < 1.29 is 18.9 Å². The fourth-order valence-electron chi connectivity index (χ4n) is 3.40. The van der Waals surface area contributed by atoms with Gasteiger partial charge in [-0.25, -0.2) is 4.98 Å². The van der Waals surface area contributed by atoms with Crippen LogP contribution in [0.5, 0.6) is 11.6 Å². The summed E-state index contributed by atoms with van der Waals surface area (Å²) in [7, 11) is 1.61. The van der Waals surface area contributed by atoms with E-state index in [2.05, 4.69) is 41.2 Å². The molecule has 4 rings (SSSR count). The van der Waals surface area contributed by atoms with E-state index in [0.717, 1.165) is 33.6 Å². The molecule has 0 saturated carbocycles. The number of methoxy groups -OCH3 is 1. The summed E-state index contributed by atoms with van der Waals surface area (Å²) in [5.74, 6) is 1.20. The predicted molar refractivity (Wildman–Crippen MR) is 115 cm³/mol. The predicted octanol–water partition coefficient (Wildman–Crippen LogP) is 4.23. The van der Waals surface area contributed by atoms with Gasteiger partial charge >= 0.3 is 0 Å². The zero-order valence-electron chi connectivity index (χ0n) is 17.6. The SMILES string of the molecule is COc1cc(OC[C@H]2COCCO2)cc(-c2ccc(-c3ccc(C)nc3)cc2C)n1. The van der Waals surface area contributed by atoms with Crippen molar-refractivity contribution >= 4 is 0 Å². The van der Waals surface area contributed by atoms with E-state index >= 15 is 0 Å². The van der Waals surface area contributed by atoms with Crippen LogP contribution in [0.25, 0.3) is 22.4 Å². The van der Waals surface area contributed by atoms with Gasteiger partial charge in [-0.3, -0.25) is 4.98 Å². The second-order valence-corrected chi connectivity index (χ2v) is 7.33. The van der Waals surface area contributed by atoms with Crippen molar-refractivity contribution in [1.82, 2.24) is 9.97 Å². The van der Waals surface area contributed by atoms with Crippen molar-refractivity contribution in [3.05, 3.63) is 59.9 Å². The summed E-state index contributed by atoms with van der Waals surface area (Å²) in [5.41, 5.74) is 6.16. The highest BCUT2D eigenvalue weighted by Crippen LogP contribution is 2.31. The van der Waals surface area contributed by atoms with Gasteiger partial charge in [0.1, 0.15) is 18.5 Å². The Hall–Kier alpha value is -2.96. The number of aromatic nitrogens is 2. The molecule has 0 bridgehead atoms. The van der Waals surface area contributed by atoms with E-state index in [1.54, 1.807) is 13.2 Å². The monoisotopic (exact) mass is 406 g/mol. The summed E-state index contributed by atoms with van der Waals surface area (Å²) in [6.07, 6.45) is 1.84. The summed E-state index contributed by atoms with van der Waals surface area (Å²) in [6.45, 7) is 6.27. The smallest absolute Gasteiger partial charge is 0.217 e. The van der Waals surface area contributed by atoms with Crippen LogP contribution in [0.3, 0.4) is 0 Å². The summed E-state index contributed by atoms with van der Waals surface area (Å²) in [4.78, 5) is 9.02. The lowest BCUT2D eigenvalue weighted by atomic mass is 9.98. The Balaban J connectivity index is 1.58. The molecule has 6 nitrogen and oxygen atoms in total. The number of aryl methyl sites for hydroxylation is 2. The van der Waals surface area contributed by atoms with Crippen LogP contribution in [0.4, 0.5) is 0 Å². The minimum absolute atomic E-state index is 0.0644. The lowest BCUT2D eigenvalue weighted by Gasteiger charge is -2.23. The van der Waals surface area contributed by atoms with Crippen LogP contribution >= 0.6 is 0 Å². The number of hydrogen-bond acceptors (Lipinski definition) is 6. The molecular formula is C24H26N2O4. The first-order valence-electron chi connectivity index (χ1n) is 10.0. The summed E-state index contributed by atoms with van der Waals surface area (Å²) >= 11 is 0. The van der Waals surface area contributed by atoms with E-state index in [9.17, 15) is 0 Å². The van der Waals surface area contributed by atoms with Gasteiger partial charge in [0.15, 0.2) is 0 Å². The molecule has 3 heterocycles. The quantitative estimate of drug-likeness (QED) is 0.610. The molecule has 0 amide bonds. The molecular weight excluding hydrogens is 380 g/mol. The molecule has 1 aromatic carbocycles. The fraction of sp³-hybridized carbons (Fsp3) is 0.333. The van der Waals surface area contributed by atoms with Gasteiger partial charge in [0.25, 0.3) is 0 Å². The van der Waals surface area contributed by atoms with Gasteiger partial charge in [-0.05, 0) is 31.0 Å². The van der Waals surface area contributed by atoms with Crippen molar-refractivity contribution in [1.29, 1.82) is 0 Å². The van der Waals surface area contributed by atoms with E-state index in [0.29, 0.717) is 38.1 Å². The highest BCUT2D eigenvalue weighted by atomic mass is 16.6. The highest BCUT2D eigenvalue weighted by molar-refractivity contribution is 5.72. The summed E-state index contributed by atoms with van der Waals surface area (Å²) in [5, 5.41) is 0. The van der Waals surface area contributed by atoms with E-state index in [1.165, 1.54) is 0 Å². The Morgan fingerprint density at radius 3 is 2.60 bits per heavy atom. The largest absolute Gasteiger partial charge is 0.491 e. The third-order valence-electron chi connectivity index (χ3n) is 5.05. The molecule has 1 aliphatic heterocycles. The topological polar surface area (TPSA) is 62.7 Å². The molecule has 0 unspecified atom stereocenters. The zero-order chi connectivity index (χ0) is 20.9. The second kappa shape index (κ2) is 9.24.